The van der Waals surface area contributed by atoms with Crippen LogP contribution in [0.5, 0.6) is 0 Å². The molecule has 0 bridgehead atoms. The number of hydrogen-bond donors (Lipinski definition) is 1. The second-order valence-corrected chi connectivity index (χ2v) is 5.23. The molecule has 2 rings (SSSR count). The molecule has 1 aromatic carbocycles. The third kappa shape index (κ3) is 2.06. The Labute approximate surface area is 92.1 Å². The van der Waals surface area contributed by atoms with E-state index < -0.39 is 22.2 Å². The van der Waals surface area contributed by atoms with Gasteiger partial charge < -0.3 is 5.11 Å². The van der Waals surface area contributed by atoms with E-state index in [0.29, 0.717) is 5.56 Å². The second-order valence-electron chi connectivity index (χ2n) is 3.40. The van der Waals surface area contributed by atoms with Gasteiger partial charge in [-0.25, -0.2) is 13.2 Å². The molecule has 0 saturated carbocycles. The minimum absolute atomic E-state index is 0.148. The van der Waals surface area contributed by atoms with Crippen LogP contribution in [-0.4, -0.2) is 30.2 Å². The summed E-state index contributed by atoms with van der Waals surface area (Å²) in [5.41, 5.74) is 0.755. The fraction of sp³-hybridized carbons (Fsp3) is 0.222. The van der Waals surface area contributed by atoms with Gasteiger partial charge in [0.2, 0.25) is 10.0 Å². The summed E-state index contributed by atoms with van der Waals surface area (Å²) in [5, 5.41) is 8.67. The zero-order valence-electron chi connectivity index (χ0n) is 8.32. The summed E-state index contributed by atoms with van der Waals surface area (Å²) >= 11 is 0. The zero-order valence-corrected chi connectivity index (χ0v) is 9.14. The molecule has 86 valence electrons. The highest BCUT2D eigenvalue weighted by atomic mass is 32.2. The Morgan fingerprint density at radius 3 is 2.31 bits per heavy atom. The van der Waals surface area contributed by atoms with Crippen molar-refractivity contribution in [3.63, 3.8) is 0 Å². The summed E-state index contributed by atoms with van der Waals surface area (Å²) in [7, 11) is -3.36. The molecule has 0 amide bonds. The summed E-state index contributed by atoms with van der Waals surface area (Å²) in [4.78, 5) is 15.4. The van der Waals surface area contributed by atoms with Crippen molar-refractivity contribution in [2.45, 2.75) is 6.23 Å². The Morgan fingerprint density at radius 1 is 1.38 bits per heavy atom. The van der Waals surface area contributed by atoms with Crippen LogP contribution < -0.4 is 0 Å². The minimum atomic E-state index is -3.36. The number of rotatable bonds is 3. The van der Waals surface area contributed by atoms with Crippen LogP contribution in [0.25, 0.3) is 0 Å². The number of hydroxylamine groups is 1. The molecule has 6 nitrogen and oxygen atoms in total. The molecule has 0 aliphatic carbocycles. The predicted octanol–water partition coefficient (Wildman–Crippen LogP) is 0.590. The molecular weight excluding hydrogens is 234 g/mol. The average molecular weight is 243 g/mol. The van der Waals surface area contributed by atoms with Crippen molar-refractivity contribution in [1.82, 2.24) is 4.47 Å². The van der Waals surface area contributed by atoms with Gasteiger partial charge in [-0.1, -0.05) is 12.1 Å². The number of carbonyl (C=O) groups is 1. The zero-order chi connectivity index (χ0) is 11.9. The average Bonchev–Trinajstić information content (AvgIpc) is 2.96. The molecular formula is C9H9NO5S. The lowest BCUT2D eigenvalue weighted by Crippen LogP contribution is -2.08. The molecule has 16 heavy (non-hydrogen) atoms. The lowest BCUT2D eigenvalue weighted by atomic mass is 10.1. The van der Waals surface area contributed by atoms with E-state index >= 15 is 0 Å². The lowest BCUT2D eigenvalue weighted by molar-refractivity contribution is 0.0697. The highest BCUT2D eigenvalue weighted by Crippen LogP contribution is 2.39. The molecule has 1 N–H and O–H groups in total. The first-order valence-electron chi connectivity index (χ1n) is 4.39. The first-order valence-corrected chi connectivity index (χ1v) is 6.24. The quantitative estimate of drug-likeness (QED) is 0.785. The fourth-order valence-corrected chi connectivity index (χ4v) is 2.00. The first kappa shape index (κ1) is 11.1. The van der Waals surface area contributed by atoms with Gasteiger partial charge in [-0.3, -0.25) is 4.84 Å². The molecule has 1 saturated heterocycles. The van der Waals surface area contributed by atoms with Crippen LogP contribution >= 0.6 is 0 Å². The normalized spacial score (nSPS) is 24.1. The lowest BCUT2D eigenvalue weighted by Gasteiger charge is -1.97. The van der Waals surface area contributed by atoms with Crippen LogP contribution in [0, 0.1) is 0 Å². The number of nitrogens with zero attached hydrogens (tertiary/aromatic N) is 1. The van der Waals surface area contributed by atoms with Gasteiger partial charge in [0.1, 0.15) is 0 Å². The van der Waals surface area contributed by atoms with Crippen LogP contribution in [0.3, 0.4) is 0 Å². The summed E-state index contributed by atoms with van der Waals surface area (Å²) < 4.78 is 23.0. The largest absolute Gasteiger partial charge is 0.478 e. The van der Waals surface area contributed by atoms with Crippen molar-refractivity contribution in [2.24, 2.45) is 0 Å². The maximum absolute atomic E-state index is 11.1. The monoisotopic (exact) mass is 243 g/mol. The number of aromatic carboxylic acids is 1. The van der Waals surface area contributed by atoms with Gasteiger partial charge in [-0.2, -0.15) is 0 Å². The van der Waals surface area contributed by atoms with Crippen LogP contribution in [0.4, 0.5) is 0 Å². The Balaban J connectivity index is 2.17. The van der Waals surface area contributed by atoms with Crippen molar-refractivity contribution >= 4 is 16.0 Å². The summed E-state index contributed by atoms with van der Waals surface area (Å²) in [6, 6.07) is 5.86. The van der Waals surface area contributed by atoms with Gasteiger partial charge in [0.05, 0.1) is 11.8 Å². The Kier molecular flexibility index (Phi) is 2.45. The van der Waals surface area contributed by atoms with Crippen LogP contribution in [0.2, 0.25) is 0 Å². The molecule has 0 spiro atoms. The highest BCUT2D eigenvalue weighted by Gasteiger charge is 2.45. The number of hydrogen-bond acceptors (Lipinski definition) is 4. The van der Waals surface area contributed by atoms with Crippen LogP contribution in [-0.2, 0) is 14.9 Å². The topological polar surface area (TPSA) is 87.0 Å². The summed E-state index contributed by atoms with van der Waals surface area (Å²) in [6.07, 6.45) is 0.413. The van der Waals surface area contributed by atoms with Gasteiger partial charge in [0, 0.05) is 5.56 Å². The molecule has 1 heterocycles. The van der Waals surface area contributed by atoms with E-state index in [0.717, 1.165) is 10.7 Å². The highest BCUT2D eigenvalue weighted by molar-refractivity contribution is 7.88. The minimum Gasteiger partial charge on any atom is -0.478 e. The van der Waals surface area contributed by atoms with E-state index in [-0.39, 0.29) is 5.56 Å². The summed E-state index contributed by atoms with van der Waals surface area (Å²) in [6.45, 7) is 0. The molecule has 0 aromatic heterocycles. The maximum atomic E-state index is 11.1. The molecule has 7 heteroatoms. The van der Waals surface area contributed by atoms with Gasteiger partial charge in [-0.15, -0.1) is 0 Å². The predicted molar refractivity (Wildman–Crippen MR) is 53.9 cm³/mol. The third-order valence-electron chi connectivity index (χ3n) is 2.12. The van der Waals surface area contributed by atoms with Crippen molar-refractivity contribution in [2.75, 3.05) is 6.26 Å². The van der Waals surface area contributed by atoms with Crippen molar-refractivity contribution < 1.29 is 23.2 Å². The number of sulfonamides is 1. The van der Waals surface area contributed by atoms with Crippen LogP contribution in [0.1, 0.15) is 22.1 Å². The van der Waals surface area contributed by atoms with Crippen molar-refractivity contribution in [3.8, 4) is 0 Å². The molecule has 0 radical (unpaired) electrons. The van der Waals surface area contributed by atoms with Crippen LogP contribution in [0.15, 0.2) is 24.3 Å². The van der Waals surface area contributed by atoms with Gasteiger partial charge in [-0.05, 0) is 16.6 Å². The number of benzene rings is 1. The van der Waals surface area contributed by atoms with E-state index in [1.807, 2.05) is 0 Å². The van der Waals surface area contributed by atoms with E-state index in [4.69, 9.17) is 9.94 Å². The van der Waals surface area contributed by atoms with Gasteiger partial charge in [0.15, 0.2) is 6.23 Å². The van der Waals surface area contributed by atoms with Crippen molar-refractivity contribution in [3.05, 3.63) is 35.4 Å². The van der Waals surface area contributed by atoms with Crippen molar-refractivity contribution in [1.29, 1.82) is 0 Å². The third-order valence-corrected chi connectivity index (χ3v) is 3.05. The van der Waals surface area contributed by atoms with E-state index in [1.54, 1.807) is 0 Å². The van der Waals surface area contributed by atoms with E-state index in [1.165, 1.54) is 24.3 Å². The Hall–Kier alpha value is -1.44. The molecule has 1 aliphatic rings. The van der Waals surface area contributed by atoms with Gasteiger partial charge in [0.25, 0.3) is 0 Å². The van der Waals surface area contributed by atoms with E-state index in [9.17, 15) is 13.2 Å². The number of carboxylic acids is 1. The number of carboxylic acid groups (broad SMARTS) is 1. The molecule has 1 fully saturated rings. The maximum Gasteiger partial charge on any atom is 0.335 e. The Bertz CT molecular complexity index is 521. The van der Waals surface area contributed by atoms with E-state index in [2.05, 4.69) is 0 Å². The van der Waals surface area contributed by atoms with Gasteiger partial charge >= 0.3 is 5.97 Å². The smallest absolute Gasteiger partial charge is 0.335 e. The SMILES string of the molecule is CS(=O)(=O)N1OC1c1ccc(C(=O)O)cc1. The molecule has 1 aromatic rings. The second kappa shape index (κ2) is 3.55. The standard InChI is InChI=1S/C9H9NO5S/c1-16(13,14)10-8(15-10)6-2-4-7(5-3-6)9(11)12/h2-5,8H,1H3,(H,11,12). The Morgan fingerprint density at radius 2 is 1.94 bits per heavy atom. The fourth-order valence-electron chi connectivity index (χ4n) is 1.30. The molecule has 2 unspecified atom stereocenters. The molecule has 1 aliphatic heterocycles. The first-order chi connectivity index (χ1) is 7.39. The summed E-state index contributed by atoms with van der Waals surface area (Å²) in [5.74, 6) is -1.02. The molecule has 2 atom stereocenters.